The number of halogens is 4. The van der Waals surface area contributed by atoms with E-state index in [1.165, 1.54) is 0 Å². The number of nitrogens with zero attached hydrogens (tertiary/aromatic N) is 1. The number of benzene rings is 3. The van der Waals surface area contributed by atoms with Gasteiger partial charge in [-0.25, -0.2) is 0 Å². The Hall–Kier alpha value is -1.91. The quantitative estimate of drug-likeness (QED) is 0.322. The number of hydrogen-bond donors (Lipinski definition) is 1. The summed E-state index contributed by atoms with van der Waals surface area (Å²) in [5.74, 6) is 0.697. The first-order chi connectivity index (χ1) is 13.0. The maximum atomic E-state index is 6.04. The molecule has 0 aliphatic rings. The molecule has 3 rings (SSSR count). The Morgan fingerprint density at radius 1 is 0.815 bits per heavy atom. The molecule has 0 aliphatic carbocycles. The van der Waals surface area contributed by atoms with Gasteiger partial charge >= 0.3 is 0 Å². The van der Waals surface area contributed by atoms with Crippen LogP contribution in [0.25, 0.3) is 0 Å². The number of ether oxygens (including phenoxy) is 1. The van der Waals surface area contributed by atoms with Gasteiger partial charge in [0.15, 0.2) is 0 Å². The van der Waals surface area contributed by atoms with E-state index in [4.69, 9.17) is 51.1 Å². The van der Waals surface area contributed by atoms with Gasteiger partial charge in [-0.2, -0.15) is 5.10 Å². The summed E-state index contributed by atoms with van der Waals surface area (Å²) in [7, 11) is 0. The normalized spacial score (nSPS) is 11.0. The molecule has 0 radical (unpaired) electrons. The molecule has 0 amide bonds. The minimum atomic E-state index is 0.363. The first-order valence-corrected chi connectivity index (χ1v) is 9.44. The molecular formula is C20H14Cl4N2O. The molecule has 0 heterocycles. The molecule has 138 valence electrons. The van der Waals surface area contributed by atoms with E-state index in [1.54, 1.807) is 36.5 Å². The van der Waals surface area contributed by atoms with Crippen LogP contribution in [0.1, 0.15) is 11.1 Å². The van der Waals surface area contributed by atoms with Gasteiger partial charge in [0, 0.05) is 5.56 Å². The highest BCUT2D eigenvalue weighted by Crippen LogP contribution is 2.26. The van der Waals surface area contributed by atoms with Crippen LogP contribution in [0.4, 0.5) is 5.69 Å². The van der Waals surface area contributed by atoms with Gasteiger partial charge in [0.1, 0.15) is 12.4 Å². The Morgan fingerprint density at radius 2 is 1.52 bits per heavy atom. The molecule has 0 aliphatic heterocycles. The molecule has 0 aromatic heterocycles. The molecule has 0 saturated carbocycles. The summed E-state index contributed by atoms with van der Waals surface area (Å²) in [5, 5.41) is 6.20. The second-order valence-corrected chi connectivity index (χ2v) is 7.20. The zero-order valence-electron chi connectivity index (χ0n) is 13.9. The van der Waals surface area contributed by atoms with E-state index in [9.17, 15) is 0 Å². The number of para-hydroxylation sites is 1. The fourth-order valence-electron chi connectivity index (χ4n) is 2.25. The highest BCUT2D eigenvalue weighted by molar-refractivity contribution is 6.42. The number of hydrazone groups is 1. The number of anilines is 1. The lowest BCUT2D eigenvalue weighted by Gasteiger charge is -2.10. The van der Waals surface area contributed by atoms with Gasteiger partial charge in [-0.1, -0.05) is 64.6 Å². The number of rotatable bonds is 6. The second-order valence-electron chi connectivity index (χ2n) is 5.57. The lowest BCUT2D eigenvalue weighted by Crippen LogP contribution is -1.99. The van der Waals surface area contributed by atoms with Gasteiger partial charge in [0.25, 0.3) is 0 Å². The van der Waals surface area contributed by atoms with Crippen molar-refractivity contribution in [3.8, 4) is 5.75 Å². The van der Waals surface area contributed by atoms with Crippen molar-refractivity contribution >= 4 is 58.3 Å². The van der Waals surface area contributed by atoms with Crippen LogP contribution in [0.2, 0.25) is 20.1 Å². The Labute approximate surface area is 177 Å². The van der Waals surface area contributed by atoms with Crippen LogP contribution in [0.3, 0.4) is 0 Å². The molecule has 0 unspecified atom stereocenters. The van der Waals surface area contributed by atoms with Crippen LogP contribution >= 0.6 is 46.4 Å². The van der Waals surface area contributed by atoms with Gasteiger partial charge < -0.3 is 4.74 Å². The van der Waals surface area contributed by atoms with Crippen LogP contribution in [-0.2, 0) is 6.61 Å². The lowest BCUT2D eigenvalue weighted by atomic mass is 10.2. The zero-order chi connectivity index (χ0) is 19.2. The summed E-state index contributed by atoms with van der Waals surface area (Å²) in [4.78, 5) is 0. The smallest absolute Gasteiger partial charge is 0.128 e. The first kappa shape index (κ1) is 19.8. The minimum Gasteiger partial charge on any atom is -0.488 e. The van der Waals surface area contributed by atoms with E-state index >= 15 is 0 Å². The van der Waals surface area contributed by atoms with E-state index in [0.717, 1.165) is 16.8 Å². The summed E-state index contributed by atoms with van der Waals surface area (Å²) >= 11 is 23.9. The molecule has 0 spiro atoms. The highest BCUT2D eigenvalue weighted by Gasteiger charge is 2.04. The third kappa shape index (κ3) is 5.53. The van der Waals surface area contributed by atoms with Crippen molar-refractivity contribution in [3.05, 3.63) is 91.9 Å². The van der Waals surface area contributed by atoms with E-state index in [1.807, 2.05) is 30.3 Å². The lowest BCUT2D eigenvalue weighted by molar-refractivity contribution is 0.306. The summed E-state index contributed by atoms with van der Waals surface area (Å²) < 4.78 is 5.90. The molecular weight excluding hydrogens is 426 g/mol. The van der Waals surface area contributed by atoms with Crippen LogP contribution in [0.5, 0.6) is 5.75 Å². The minimum absolute atomic E-state index is 0.363. The summed E-state index contributed by atoms with van der Waals surface area (Å²) in [6.45, 7) is 0.363. The van der Waals surface area contributed by atoms with Crippen LogP contribution in [0, 0.1) is 0 Å². The third-order valence-corrected chi connectivity index (χ3v) is 5.09. The SMILES string of the molecule is Clc1ccc(COc2ccccc2C=NNc2ccc(Cl)c(Cl)c2)cc1Cl. The standard InChI is InChI=1S/C20H14Cl4N2O/c21-16-7-5-13(9-18(16)23)12-27-20-4-2-1-3-14(20)11-25-26-15-6-8-17(22)19(24)10-15/h1-11,26H,12H2. The topological polar surface area (TPSA) is 33.6 Å². The molecule has 27 heavy (non-hydrogen) atoms. The van der Waals surface area contributed by atoms with E-state index < -0.39 is 0 Å². The third-order valence-electron chi connectivity index (χ3n) is 3.61. The predicted molar refractivity (Wildman–Crippen MR) is 115 cm³/mol. The molecule has 0 saturated heterocycles. The molecule has 3 aromatic carbocycles. The largest absolute Gasteiger partial charge is 0.488 e. The van der Waals surface area contributed by atoms with Crippen LogP contribution in [0.15, 0.2) is 65.8 Å². The van der Waals surface area contributed by atoms with E-state index in [-0.39, 0.29) is 0 Å². The van der Waals surface area contributed by atoms with Crippen molar-refractivity contribution in [3.63, 3.8) is 0 Å². The van der Waals surface area contributed by atoms with Gasteiger partial charge in [-0.15, -0.1) is 0 Å². The monoisotopic (exact) mass is 438 g/mol. The second kappa shape index (κ2) is 9.34. The molecule has 0 atom stereocenters. The van der Waals surface area contributed by atoms with Crippen molar-refractivity contribution in [2.24, 2.45) is 5.10 Å². The van der Waals surface area contributed by atoms with Crippen molar-refractivity contribution in [2.75, 3.05) is 5.43 Å². The van der Waals surface area contributed by atoms with Crippen molar-refractivity contribution in [2.45, 2.75) is 6.61 Å². The van der Waals surface area contributed by atoms with Gasteiger partial charge in [-0.3, -0.25) is 5.43 Å². The van der Waals surface area contributed by atoms with E-state index in [2.05, 4.69) is 10.5 Å². The summed E-state index contributed by atoms with van der Waals surface area (Å²) in [6.07, 6.45) is 1.67. The Balaban J connectivity index is 1.67. The van der Waals surface area contributed by atoms with Crippen molar-refractivity contribution in [1.82, 2.24) is 0 Å². The first-order valence-electron chi connectivity index (χ1n) is 7.93. The van der Waals surface area contributed by atoms with Crippen LogP contribution in [-0.4, -0.2) is 6.21 Å². The van der Waals surface area contributed by atoms with Gasteiger partial charge in [0.05, 0.1) is 32.0 Å². The molecule has 1 N–H and O–H groups in total. The Bertz CT molecular complexity index is 976. The average Bonchev–Trinajstić information content (AvgIpc) is 2.66. The number of nitrogens with one attached hydrogen (secondary N) is 1. The van der Waals surface area contributed by atoms with Gasteiger partial charge in [-0.05, 0) is 48.0 Å². The fraction of sp³-hybridized carbons (Fsp3) is 0.0500. The molecule has 0 bridgehead atoms. The zero-order valence-corrected chi connectivity index (χ0v) is 16.9. The molecule has 0 fully saturated rings. The predicted octanol–water partition coefficient (Wildman–Crippen LogP) is 7.33. The maximum Gasteiger partial charge on any atom is 0.128 e. The molecule has 7 heteroatoms. The van der Waals surface area contributed by atoms with Crippen molar-refractivity contribution < 1.29 is 4.74 Å². The Kier molecular flexibility index (Phi) is 6.86. The Morgan fingerprint density at radius 3 is 2.26 bits per heavy atom. The van der Waals surface area contributed by atoms with Crippen LogP contribution < -0.4 is 10.2 Å². The number of hydrogen-bond acceptors (Lipinski definition) is 3. The maximum absolute atomic E-state index is 6.04. The fourth-order valence-corrected chi connectivity index (χ4v) is 2.87. The molecule has 3 aromatic rings. The van der Waals surface area contributed by atoms with Gasteiger partial charge in [0.2, 0.25) is 0 Å². The summed E-state index contributed by atoms with van der Waals surface area (Å²) in [5.41, 5.74) is 5.39. The average molecular weight is 440 g/mol. The summed E-state index contributed by atoms with van der Waals surface area (Å²) in [6, 6.07) is 18.2. The van der Waals surface area contributed by atoms with E-state index in [0.29, 0.717) is 32.4 Å². The highest BCUT2D eigenvalue weighted by atomic mass is 35.5. The molecule has 3 nitrogen and oxygen atoms in total. The van der Waals surface area contributed by atoms with Crippen molar-refractivity contribution in [1.29, 1.82) is 0 Å².